The van der Waals surface area contributed by atoms with Crippen molar-refractivity contribution in [3.8, 4) is 0 Å². The van der Waals surface area contributed by atoms with Crippen LogP contribution in [0, 0.1) is 5.82 Å². The minimum Gasteiger partial charge on any atom is -0.357 e. The van der Waals surface area contributed by atoms with Crippen LogP contribution in [0.15, 0.2) is 41.4 Å². The van der Waals surface area contributed by atoms with Gasteiger partial charge in [0.25, 0.3) is 0 Å². The second-order valence-corrected chi connectivity index (χ2v) is 8.24. The van der Waals surface area contributed by atoms with Crippen LogP contribution in [0.2, 0.25) is 0 Å². The first kappa shape index (κ1) is 21.4. The number of hydrogen-bond acceptors (Lipinski definition) is 2. The first-order valence-electron chi connectivity index (χ1n) is 9.98. The van der Waals surface area contributed by atoms with Crippen LogP contribution in [0.5, 0.6) is 0 Å². The first-order chi connectivity index (χ1) is 12.8. The molecule has 0 unspecified atom stereocenters. The van der Waals surface area contributed by atoms with E-state index in [2.05, 4.69) is 49.8 Å². The fourth-order valence-corrected chi connectivity index (χ4v) is 3.41. The van der Waals surface area contributed by atoms with E-state index < -0.39 is 0 Å². The highest BCUT2D eigenvalue weighted by molar-refractivity contribution is 5.80. The summed E-state index contributed by atoms with van der Waals surface area (Å²) in [6.45, 7) is 16.9. The summed E-state index contributed by atoms with van der Waals surface area (Å²) >= 11 is 0. The van der Waals surface area contributed by atoms with Gasteiger partial charge in [-0.15, -0.1) is 0 Å². The number of aliphatic imine (C=N–C) groups is 1. The molecule has 27 heavy (non-hydrogen) atoms. The van der Waals surface area contributed by atoms with Crippen LogP contribution in [0.1, 0.15) is 46.1 Å². The number of piperidine rings is 1. The monoisotopic (exact) mass is 374 g/mol. The predicted molar refractivity (Wildman–Crippen MR) is 113 cm³/mol. The number of nitrogens with one attached hydrogen (secondary N) is 2. The smallest absolute Gasteiger partial charge is 0.191 e. The third-order valence-corrected chi connectivity index (χ3v) is 5.00. The van der Waals surface area contributed by atoms with Crippen molar-refractivity contribution in [2.24, 2.45) is 4.99 Å². The third-order valence-electron chi connectivity index (χ3n) is 5.00. The molecule has 1 aromatic carbocycles. The Hall–Kier alpha value is -1.88. The van der Waals surface area contributed by atoms with Crippen molar-refractivity contribution in [3.63, 3.8) is 0 Å². The summed E-state index contributed by atoms with van der Waals surface area (Å²) in [5.74, 6) is 0.649. The Morgan fingerprint density at radius 1 is 1.33 bits per heavy atom. The summed E-state index contributed by atoms with van der Waals surface area (Å²) in [5, 5.41) is 6.93. The van der Waals surface area contributed by atoms with Crippen LogP contribution in [-0.4, -0.2) is 49.6 Å². The number of halogens is 1. The Morgan fingerprint density at radius 3 is 2.63 bits per heavy atom. The Bertz CT molecular complexity index is 645. The van der Waals surface area contributed by atoms with Gasteiger partial charge in [0.15, 0.2) is 5.96 Å². The zero-order valence-electron chi connectivity index (χ0n) is 17.3. The fraction of sp³-hybridized carbons (Fsp3) is 0.591. The Balaban J connectivity index is 1.95. The van der Waals surface area contributed by atoms with E-state index in [0.717, 1.165) is 50.5 Å². The third kappa shape index (κ3) is 6.98. The maximum Gasteiger partial charge on any atom is 0.191 e. The lowest BCUT2D eigenvalue weighted by molar-refractivity contribution is 0.221. The number of rotatable bonds is 7. The predicted octanol–water partition coefficient (Wildman–Crippen LogP) is 3.70. The van der Waals surface area contributed by atoms with Gasteiger partial charge < -0.3 is 10.6 Å². The van der Waals surface area contributed by atoms with Gasteiger partial charge in [0, 0.05) is 37.6 Å². The van der Waals surface area contributed by atoms with Gasteiger partial charge in [-0.25, -0.2) is 4.39 Å². The van der Waals surface area contributed by atoms with E-state index in [1.807, 2.05) is 6.07 Å². The molecule has 150 valence electrons. The number of likely N-dealkylation sites (tertiary alicyclic amines) is 1. The van der Waals surface area contributed by atoms with Gasteiger partial charge in [-0.05, 0) is 44.4 Å². The minimum absolute atomic E-state index is 0.198. The molecule has 5 heteroatoms. The molecule has 4 nitrogen and oxygen atoms in total. The molecule has 1 fully saturated rings. The Labute approximate surface area is 163 Å². The molecule has 0 radical (unpaired) electrons. The zero-order valence-corrected chi connectivity index (χ0v) is 17.3. The van der Waals surface area contributed by atoms with Crippen molar-refractivity contribution < 1.29 is 4.39 Å². The summed E-state index contributed by atoms with van der Waals surface area (Å²) in [6.07, 6.45) is 2.20. The second kappa shape index (κ2) is 9.88. The number of guanidine groups is 1. The van der Waals surface area contributed by atoms with E-state index >= 15 is 0 Å². The standard InChI is InChI=1S/C22H35FN4/c1-6-24-21(26-20-10-12-27(13-11-20)15-17(2)3)25-16-22(4,5)18-8-7-9-19(23)14-18/h7-9,14,20H,2,6,10-13,15-16H2,1,3-5H3,(H2,24,25,26). The topological polar surface area (TPSA) is 39.7 Å². The average molecular weight is 375 g/mol. The molecular formula is C22H35FN4. The molecule has 2 rings (SSSR count). The van der Waals surface area contributed by atoms with Crippen molar-refractivity contribution >= 4 is 5.96 Å². The summed E-state index contributed by atoms with van der Waals surface area (Å²) in [7, 11) is 0. The normalized spacial score (nSPS) is 17.0. The van der Waals surface area contributed by atoms with Gasteiger partial charge >= 0.3 is 0 Å². The Morgan fingerprint density at radius 2 is 2.04 bits per heavy atom. The number of nitrogens with zero attached hydrogens (tertiary/aromatic N) is 2. The highest BCUT2D eigenvalue weighted by Gasteiger charge is 2.23. The van der Waals surface area contributed by atoms with Crippen molar-refractivity contribution in [1.29, 1.82) is 0 Å². The maximum atomic E-state index is 13.6. The second-order valence-electron chi connectivity index (χ2n) is 8.24. The zero-order chi connectivity index (χ0) is 19.9. The van der Waals surface area contributed by atoms with Crippen molar-refractivity contribution in [3.05, 3.63) is 47.8 Å². The van der Waals surface area contributed by atoms with E-state index in [1.165, 1.54) is 11.6 Å². The lowest BCUT2D eigenvalue weighted by Crippen LogP contribution is -2.49. The van der Waals surface area contributed by atoms with Gasteiger partial charge in [-0.3, -0.25) is 9.89 Å². The van der Waals surface area contributed by atoms with Gasteiger partial charge in [0.1, 0.15) is 5.82 Å². The van der Waals surface area contributed by atoms with Crippen molar-refractivity contribution in [1.82, 2.24) is 15.5 Å². The Kier molecular flexibility index (Phi) is 7.84. The van der Waals surface area contributed by atoms with Gasteiger partial charge in [-0.1, -0.05) is 38.1 Å². The van der Waals surface area contributed by atoms with E-state index in [4.69, 9.17) is 4.99 Å². The molecule has 1 aliphatic heterocycles. The molecule has 1 heterocycles. The van der Waals surface area contributed by atoms with E-state index in [0.29, 0.717) is 12.6 Å². The van der Waals surface area contributed by atoms with Crippen LogP contribution in [0.25, 0.3) is 0 Å². The highest BCUT2D eigenvalue weighted by atomic mass is 19.1. The molecule has 0 saturated carbocycles. The SMILES string of the molecule is C=C(C)CN1CCC(NC(=NCC(C)(C)c2cccc(F)c2)NCC)CC1. The summed E-state index contributed by atoms with van der Waals surface area (Å²) in [4.78, 5) is 7.25. The lowest BCUT2D eigenvalue weighted by Gasteiger charge is -2.33. The van der Waals surface area contributed by atoms with Crippen LogP contribution in [0.3, 0.4) is 0 Å². The van der Waals surface area contributed by atoms with Gasteiger partial charge in [0.2, 0.25) is 0 Å². The minimum atomic E-state index is -0.227. The van der Waals surface area contributed by atoms with Crippen molar-refractivity contribution in [2.75, 3.05) is 32.7 Å². The van der Waals surface area contributed by atoms with Crippen LogP contribution in [-0.2, 0) is 5.41 Å². The number of hydrogen-bond donors (Lipinski definition) is 2. The van der Waals surface area contributed by atoms with Crippen molar-refractivity contribution in [2.45, 2.75) is 52.0 Å². The van der Waals surface area contributed by atoms with E-state index in [1.54, 1.807) is 12.1 Å². The highest BCUT2D eigenvalue weighted by Crippen LogP contribution is 2.24. The van der Waals surface area contributed by atoms with E-state index in [-0.39, 0.29) is 11.2 Å². The fourth-order valence-electron chi connectivity index (χ4n) is 3.41. The average Bonchev–Trinajstić information content (AvgIpc) is 2.61. The number of benzene rings is 1. The molecule has 1 aromatic rings. The molecule has 0 bridgehead atoms. The molecule has 1 aliphatic rings. The first-order valence-corrected chi connectivity index (χ1v) is 9.98. The molecule has 0 amide bonds. The largest absolute Gasteiger partial charge is 0.357 e. The van der Waals surface area contributed by atoms with Crippen LogP contribution in [0.4, 0.5) is 4.39 Å². The molecule has 0 atom stereocenters. The van der Waals surface area contributed by atoms with Gasteiger partial charge in [-0.2, -0.15) is 0 Å². The van der Waals surface area contributed by atoms with Gasteiger partial charge in [0.05, 0.1) is 6.54 Å². The molecule has 1 saturated heterocycles. The van der Waals surface area contributed by atoms with E-state index in [9.17, 15) is 4.39 Å². The molecule has 0 aromatic heterocycles. The molecule has 0 aliphatic carbocycles. The molecular weight excluding hydrogens is 339 g/mol. The summed E-state index contributed by atoms with van der Waals surface area (Å²) in [6, 6.07) is 7.25. The maximum absolute atomic E-state index is 13.6. The molecule has 2 N–H and O–H groups in total. The van der Waals surface area contributed by atoms with Crippen LogP contribution >= 0.6 is 0 Å². The summed E-state index contributed by atoms with van der Waals surface area (Å²) < 4.78 is 13.6. The summed E-state index contributed by atoms with van der Waals surface area (Å²) in [5.41, 5.74) is 1.96. The lowest BCUT2D eigenvalue weighted by atomic mass is 9.85. The van der Waals surface area contributed by atoms with Crippen LogP contribution < -0.4 is 10.6 Å². The molecule has 0 spiro atoms. The quantitative estimate of drug-likeness (QED) is 0.434.